The molecule has 21 heavy (non-hydrogen) atoms. The fourth-order valence-electron chi connectivity index (χ4n) is 3.44. The zero-order valence-electron chi connectivity index (χ0n) is 12.3. The van der Waals surface area contributed by atoms with Gasteiger partial charge in [0.25, 0.3) is 0 Å². The number of aromatic nitrogens is 3. The van der Waals surface area contributed by atoms with E-state index in [1.165, 1.54) is 34.1 Å². The highest BCUT2D eigenvalue weighted by Crippen LogP contribution is 2.29. The highest BCUT2D eigenvalue weighted by atomic mass is 15.2. The maximum absolute atomic E-state index is 4.16. The van der Waals surface area contributed by atoms with Crippen molar-refractivity contribution in [3.05, 3.63) is 53.5 Å². The summed E-state index contributed by atoms with van der Waals surface area (Å²) in [5, 5.41) is 8.63. The summed E-state index contributed by atoms with van der Waals surface area (Å²) in [5.41, 5.74) is 5.21. The lowest BCUT2D eigenvalue weighted by molar-refractivity contribution is 0.326. The molecule has 4 rings (SSSR count). The van der Waals surface area contributed by atoms with Crippen LogP contribution in [0.4, 0.5) is 0 Å². The minimum absolute atomic E-state index is 0.600. The molecule has 1 aliphatic rings. The maximum atomic E-state index is 4.16. The Morgan fingerprint density at radius 3 is 3.14 bits per heavy atom. The maximum Gasteiger partial charge on any atom is 0.0519 e. The normalized spacial score (nSPS) is 19.6. The van der Waals surface area contributed by atoms with Crippen LogP contribution < -0.4 is 0 Å². The molecule has 108 valence electrons. The number of aromatic amines is 2. The Kier molecular flexibility index (Phi) is 3.04. The number of nitrogens with zero attached hydrogens (tertiary/aromatic N) is 2. The summed E-state index contributed by atoms with van der Waals surface area (Å²) in [5.74, 6) is 0.600. The standard InChI is InChI=1S/C17H20N4/c1-12-9-19-20-17(12)15-5-7-21(11-15)10-13-2-3-16-14(8-13)4-6-18-16/h2-4,6,8-9,15,18H,5,7,10-11H2,1H3,(H,19,20). The van der Waals surface area contributed by atoms with E-state index < -0.39 is 0 Å². The monoisotopic (exact) mass is 280 g/mol. The highest BCUT2D eigenvalue weighted by Gasteiger charge is 2.26. The topological polar surface area (TPSA) is 47.7 Å². The van der Waals surface area contributed by atoms with Crippen LogP contribution in [0.1, 0.15) is 29.2 Å². The number of likely N-dealkylation sites (tertiary alicyclic amines) is 1. The molecule has 0 bridgehead atoms. The van der Waals surface area contributed by atoms with Crippen LogP contribution in [0.5, 0.6) is 0 Å². The Labute approximate surface area is 124 Å². The number of aryl methyl sites for hydroxylation is 1. The first-order valence-corrected chi connectivity index (χ1v) is 7.58. The summed E-state index contributed by atoms with van der Waals surface area (Å²) >= 11 is 0. The molecular weight excluding hydrogens is 260 g/mol. The van der Waals surface area contributed by atoms with E-state index in [9.17, 15) is 0 Å². The van der Waals surface area contributed by atoms with Gasteiger partial charge in [0.1, 0.15) is 0 Å². The van der Waals surface area contributed by atoms with Crippen molar-refractivity contribution in [1.82, 2.24) is 20.1 Å². The average Bonchev–Trinajstić information content (AvgIpc) is 3.18. The molecule has 0 amide bonds. The number of fused-ring (bicyclic) bond motifs is 1. The van der Waals surface area contributed by atoms with Crippen molar-refractivity contribution < 1.29 is 0 Å². The first-order chi connectivity index (χ1) is 10.3. The fraction of sp³-hybridized carbons (Fsp3) is 0.353. The summed E-state index contributed by atoms with van der Waals surface area (Å²) in [6, 6.07) is 8.84. The van der Waals surface area contributed by atoms with Crippen LogP contribution in [0, 0.1) is 6.92 Å². The van der Waals surface area contributed by atoms with E-state index in [1.54, 1.807) is 0 Å². The zero-order valence-corrected chi connectivity index (χ0v) is 12.3. The van der Waals surface area contributed by atoms with E-state index in [-0.39, 0.29) is 0 Å². The number of rotatable bonds is 3. The van der Waals surface area contributed by atoms with Gasteiger partial charge < -0.3 is 4.98 Å². The minimum Gasteiger partial charge on any atom is -0.361 e. The van der Waals surface area contributed by atoms with Crippen LogP contribution in [0.3, 0.4) is 0 Å². The molecule has 2 aromatic heterocycles. The van der Waals surface area contributed by atoms with Crippen molar-refractivity contribution >= 4 is 10.9 Å². The molecule has 1 fully saturated rings. The van der Waals surface area contributed by atoms with E-state index in [0.29, 0.717) is 5.92 Å². The van der Waals surface area contributed by atoms with Gasteiger partial charge in [-0.1, -0.05) is 6.07 Å². The number of hydrogen-bond acceptors (Lipinski definition) is 2. The molecule has 4 nitrogen and oxygen atoms in total. The molecule has 0 aliphatic carbocycles. The van der Waals surface area contributed by atoms with E-state index in [4.69, 9.17) is 0 Å². The zero-order chi connectivity index (χ0) is 14.2. The Balaban J connectivity index is 1.47. The van der Waals surface area contributed by atoms with Crippen molar-refractivity contribution in [2.24, 2.45) is 0 Å². The molecule has 1 aromatic carbocycles. The lowest BCUT2D eigenvalue weighted by atomic mass is 10.0. The van der Waals surface area contributed by atoms with Gasteiger partial charge in [-0.3, -0.25) is 10.00 Å². The summed E-state index contributed by atoms with van der Waals surface area (Å²) in [4.78, 5) is 5.79. The van der Waals surface area contributed by atoms with Crippen molar-refractivity contribution in [2.45, 2.75) is 25.8 Å². The quantitative estimate of drug-likeness (QED) is 0.774. The van der Waals surface area contributed by atoms with Crippen molar-refractivity contribution in [1.29, 1.82) is 0 Å². The molecule has 0 radical (unpaired) electrons. The van der Waals surface area contributed by atoms with E-state index in [2.05, 4.69) is 51.3 Å². The number of H-pyrrole nitrogens is 2. The predicted molar refractivity (Wildman–Crippen MR) is 84.3 cm³/mol. The lowest BCUT2D eigenvalue weighted by Gasteiger charge is -2.16. The molecular formula is C17H20N4. The first-order valence-electron chi connectivity index (χ1n) is 7.58. The molecule has 3 heterocycles. The van der Waals surface area contributed by atoms with Crippen LogP contribution in [-0.4, -0.2) is 33.2 Å². The van der Waals surface area contributed by atoms with Crippen LogP contribution >= 0.6 is 0 Å². The number of benzene rings is 1. The van der Waals surface area contributed by atoms with Gasteiger partial charge in [0, 0.05) is 36.4 Å². The Bertz CT molecular complexity index is 755. The predicted octanol–water partition coefficient (Wildman–Crippen LogP) is 3.19. The first kappa shape index (κ1) is 12.7. The summed E-state index contributed by atoms with van der Waals surface area (Å²) in [6.45, 7) is 5.45. The van der Waals surface area contributed by atoms with Crippen LogP contribution in [0.25, 0.3) is 10.9 Å². The van der Waals surface area contributed by atoms with Crippen molar-refractivity contribution in [3.8, 4) is 0 Å². The van der Waals surface area contributed by atoms with Crippen LogP contribution in [0.15, 0.2) is 36.7 Å². The highest BCUT2D eigenvalue weighted by molar-refractivity contribution is 5.79. The van der Waals surface area contributed by atoms with Gasteiger partial charge in [-0.15, -0.1) is 0 Å². The van der Waals surface area contributed by atoms with Gasteiger partial charge in [0.2, 0.25) is 0 Å². The SMILES string of the molecule is Cc1cn[nH]c1C1CCN(Cc2ccc3[nH]ccc3c2)C1. The van der Waals surface area contributed by atoms with Crippen LogP contribution in [-0.2, 0) is 6.54 Å². The van der Waals surface area contributed by atoms with Gasteiger partial charge in [-0.2, -0.15) is 5.10 Å². The van der Waals surface area contributed by atoms with Crippen molar-refractivity contribution in [2.75, 3.05) is 13.1 Å². The summed E-state index contributed by atoms with van der Waals surface area (Å²) < 4.78 is 0. The lowest BCUT2D eigenvalue weighted by Crippen LogP contribution is -2.19. The molecule has 1 atom stereocenters. The van der Waals surface area contributed by atoms with E-state index >= 15 is 0 Å². The Morgan fingerprint density at radius 2 is 2.29 bits per heavy atom. The van der Waals surface area contributed by atoms with Crippen LogP contribution in [0.2, 0.25) is 0 Å². The molecule has 2 N–H and O–H groups in total. The Hall–Kier alpha value is -2.07. The molecule has 3 aromatic rings. The third kappa shape index (κ3) is 2.36. The second-order valence-corrected chi connectivity index (χ2v) is 6.09. The number of hydrogen-bond donors (Lipinski definition) is 2. The summed E-state index contributed by atoms with van der Waals surface area (Å²) in [7, 11) is 0. The number of nitrogens with one attached hydrogen (secondary N) is 2. The van der Waals surface area contributed by atoms with E-state index in [0.717, 1.165) is 19.6 Å². The molecule has 1 unspecified atom stereocenters. The van der Waals surface area contributed by atoms with Gasteiger partial charge >= 0.3 is 0 Å². The second-order valence-electron chi connectivity index (χ2n) is 6.09. The van der Waals surface area contributed by atoms with Gasteiger partial charge in [-0.05, 0) is 54.6 Å². The third-order valence-corrected chi connectivity index (χ3v) is 4.57. The van der Waals surface area contributed by atoms with Gasteiger partial charge in [-0.25, -0.2) is 0 Å². The van der Waals surface area contributed by atoms with Gasteiger partial charge in [0.05, 0.1) is 6.20 Å². The molecule has 4 heteroatoms. The molecule has 1 aliphatic heterocycles. The van der Waals surface area contributed by atoms with E-state index in [1.807, 2.05) is 12.4 Å². The summed E-state index contributed by atoms with van der Waals surface area (Å²) in [6.07, 6.45) is 5.15. The smallest absolute Gasteiger partial charge is 0.0519 e. The van der Waals surface area contributed by atoms with Crippen molar-refractivity contribution in [3.63, 3.8) is 0 Å². The second kappa shape index (κ2) is 5.04. The third-order valence-electron chi connectivity index (χ3n) is 4.57. The molecule has 0 spiro atoms. The Morgan fingerprint density at radius 1 is 1.33 bits per heavy atom. The molecule has 1 saturated heterocycles. The fourth-order valence-corrected chi connectivity index (χ4v) is 3.44. The molecule has 0 saturated carbocycles. The minimum atomic E-state index is 0.600. The average molecular weight is 280 g/mol. The van der Waals surface area contributed by atoms with Gasteiger partial charge in [0.15, 0.2) is 0 Å². The largest absolute Gasteiger partial charge is 0.361 e.